The van der Waals surface area contributed by atoms with Gasteiger partial charge in [-0.15, -0.1) is 0 Å². The van der Waals surface area contributed by atoms with Crippen molar-refractivity contribution in [2.75, 3.05) is 19.8 Å². The van der Waals surface area contributed by atoms with Crippen LogP contribution < -0.4 is 25.5 Å². The summed E-state index contributed by atoms with van der Waals surface area (Å²) in [6, 6.07) is 12.4. The van der Waals surface area contributed by atoms with Gasteiger partial charge in [0, 0.05) is 23.6 Å². The Kier molecular flexibility index (Phi) is 5.15. The minimum absolute atomic E-state index is 0.0386. The van der Waals surface area contributed by atoms with Crippen molar-refractivity contribution in [1.82, 2.24) is 15.6 Å². The molecule has 29 heavy (non-hydrogen) atoms. The first-order chi connectivity index (χ1) is 14.1. The van der Waals surface area contributed by atoms with E-state index in [1.807, 2.05) is 12.1 Å². The molecule has 1 aromatic heterocycles. The molecule has 8 heteroatoms. The highest BCUT2D eigenvalue weighted by Crippen LogP contribution is 2.30. The van der Waals surface area contributed by atoms with Crippen LogP contribution in [0.25, 0.3) is 10.9 Å². The lowest BCUT2D eigenvalue weighted by Gasteiger charge is -2.19. The number of carbonyl (C=O) groups is 2. The molecular weight excluding hydrogens is 374 g/mol. The van der Waals surface area contributed by atoms with Gasteiger partial charge < -0.3 is 25.1 Å². The maximum atomic E-state index is 12.4. The van der Waals surface area contributed by atoms with E-state index in [0.717, 1.165) is 5.56 Å². The second kappa shape index (κ2) is 8.05. The number of rotatable bonds is 5. The minimum Gasteiger partial charge on any atom is -0.486 e. The number of fused-ring (bicyclic) bond motifs is 2. The molecule has 2 amide bonds. The second-order valence-corrected chi connectivity index (χ2v) is 6.51. The van der Waals surface area contributed by atoms with Crippen molar-refractivity contribution in [1.29, 1.82) is 0 Å². The van der Waals surface area contributed by atoms with E-state index in [1.165, 1.54) is 6.20 Å². The number of aromatic nitrogens is 1. The largest absolute Gasteiger partial charge is 0.486 e. The third kappa shape index (κ3) is 4.06. The fourth-order valence-corrected chi connectivity index (χ4v) is 3.05. The van der Waals surface area contributed by atoms with Crippen molar-refractivity contribution in [2.45, 2.75) is 6.54 Å². The van der Waals surface area contributed by atoms with Crippen LogP contribution >= 0.6 is 0 Å². The third-order valence-electron chi connectivity index (χ3n) is 4.54. The van der Waals surface area contributed by atoms with E-state index in [9.17, 15) is 14.4 Å². The predicted molar refractivity (Wildman–Crippen MR) is 106 cm³/mol. The molecule has 1 aliphatic rings. The van der Waals surface area contributed by atoms with Crippen LogP contribution in [-0.4, -0.2) is 36.6 Å². The van der Waals surface area contributed by atoms with Gasteiger partial charge in [0.15, 0.2) is 11.5 Å². The summed E-state index contributed by atoms with van der Waals surface area (Å²) < 4.78 is 11.0. The van der Waals surface area contributed by atoms with Crippen molar-refractivity contribution in [3.05, 3.63) is 70.0 Å². The minimum atomic E-state index is -0.605. The lowest BCUT2D eigenvalue weighted by molar-refractivity contribution is -0.120. The maximum absolute atomic E-state index is 12.4. The van der Waals surface area contributed by atoms with E-state index >= 15 is 0 Å². The zero-order valence-corrected chi connectivity index (χ0v) is 15.5. The number of carbonyl (C=O) groups excluding carboxylic acids is 2. The highest BCUT2D eigenvalue weighted by molar-refractivity contribution is 5.98. The topological polar surface area (TPSA) is 110 Å². The number of amides is 2. The Balaban J connectivity index is 1.33. The number of H-pyrrole nitrogens is 1. The summed E-state index contributed by atoms with van der Waals surface area (Å²) in [6.07, 6.45) is 1.35. The van der Waals surface area contributed by atoms with E-state index in [4.69, 9.17) is 9.47 Å². The molecule has 2 aromatic carbocycles. The van der Waals surface area contributed by atoms with Crippen LogP contribution in [-0.2, 0) is 11.3 Å². The SMILES string of the molecule is O=C(CNC(=O)c1c[nH]c2ccccc2c1=O)NCc1ccc2c(c1)OCCO2. The number of pyridine rings is 1. The molecule has 0 unspecified atom stereocenters. The summed E-state index contributed by atoms with van der Waals surface area (Å²) in [7, 11) is 0. The zero-order valence-electron chi connectivity index (χ0n) is 15.5. The van der Waals surface area contributed by atoms with Gasteiger partial charge in [-0.3, -0.25) is 14.4 Å². The van der Waals surface area contributed by atoms with E-state index < -0.39 is 5.91 Å². The van der Waals surface area contributed by atoms with E-state index in [2.05, 4.69) is 15.6 Å². The molecule has 0 atom stereocenters. The molecule has 0 radical (unpaired) electrons. The van der Waals surface area contributed by atoms with Crippen molar-refractivity contribution in [3.8, 4) is 11.5 Å². The fraction of sp³-hybridized carbons (Fsp3) is 0.190. The molecule has 0 saturated heterocycles. The van der Waals surface area contributed by atoms with Crippen molar-refractivity contribution in [2.24, 2.45) is 0 Å². The van der Waals surface area contributed by atoms with Crippen LogP contribution in [0.15, 0.2) is 53.5 Å². The number of ether oxygens (including phenoxy) is 2. The van der Waals surface area contributed by atoms with Gasteiger partial charge in [0.25, 0.3) is 5.91 Å². The van der Waals surface area contributed by atoms with Gasteiger partial charge in [-0.25, -0.2) is 0 Å². The van der Waals surface area contributed by atoms with Gasteiger partial charge in [-0.05, 0) is 29.8 Å². The average Bonchev–Trinajstić information content (AvgIpc) is 2.76. The number of hydrogen-bond acceptors (Lipinski definition) is 5. The molecule has 0 bridgehead atoms. The predicted octanol–water partition coefficient (Wildman–Crippen LogP) is 1.35. The van der Waals surface area contributed by atoms with E-state index in [-0.39, 0.29) is 30.0 Å². The summed E-state index contributed by atoms with van der Waals surface area (Å²) in [5, 5.41) is 5.62. The molecule has 3 aromatic rings. The molecule has 0 saturated carbocycles. The number of hydrogen-bond donors (Lipinski definition) is 3. The highest BCUT2D eigenvalue weighted by Gasteiger charge is 2.15. The van der Waals surface area contributed by atoms with Gasteiger partial charge in [-0.2, -0.15) is 0 Å². The van der Waals surface area contributed by atoms with Crippen LogP contribution in [0.4, 0.5) is 0 Å². The Morgan fingerprint density at radius 1 is 1.00 bits per heavy atom. The summed E-state index contributed by atoms with van der Waals surface area (Å²) >= 11 is 0. The summed E-state index contributed by atoms with van der Waals surface area (Å²) in [5.41, 5.74) is 1.07. The average molecular weight is 393 g/mol. The van der Waals surface area contributed by atoms with Crippen LogP contribution in [0.1, 0.15) is 15.9 Å². The number of aromatic amines is 1. The molecule has 3 N–H and O–H groups in total. The van der Waals surface area contributed by atoms with Gasteiger partial charge in [0.1, 0.15) is 18.8 Å². The normalized spacial score (nSPS) is 12.4. The first-order valence-corrected chi connectivity index (χ1v) is 9.15. The van der Waals surface area contributed by atoms with Gasteiger partial charge in [0.2, 0.25) is 11.3 Å². The first-order valence-electron chi connectivity index (χ1n) is 9.15. The standard InChI is InChI=1S/C21H19N3O5/c25-19(23-10-13-5-6-17-18(9-13)29-8-7-28-17)12-24-21(27)15-11-22-16-4-2-1-3-14(16)20(15)26/h1-6,9,11H,7-8,10,12H2,(H,22,26)(H,23,25)(H,24,27). The Morgan fingerprint density at radius 2 is 1.79 bits per heavy atom. The van der Waals surface area contributed by atoms with Gasteiger partial charge >= 0.3 is 0 Å². The maximum Gasteiger partial charge on any atom is 0.257 e. The van der Waals surface area contributed by atoms with Crippen molar-refractivity contribution >= 4 is 22.7 Å². The van der Waals surface area contributed by atoms with Crippen molar-refractivity contribution in [3.63, 3.8) is 0 Å². The van der Waals surface area contributed by atoms with E-state index in [1.54, 1.807) is 30.3 Å². The molecule has 0 spiro atoms. The monoisotopic (exact) mass is 393 g/mol. The zero-order chi connectivity index (χ0) is 20.2. The quantitative estimate of drug-likeness (QED) is 0.606. The molecule has 4 rings (SSSR count). The number of nitrogens with one attached hydrogen (secondary N) is 3. The molecule has 148 valence electrons. The van der Waals surface area contributed by atoms with Crippen LogP contribution in [0.2, 0.25) is 0 Å². The second-order valence-electron chi connectivity index (χ2n) is 6.51. The first kappa shape index (κ1) is 18.5. The lowest BCUT2D eigenvalue weighted by Crippen LogP contribution is -2.38. The number of benzene rings is 2. The van der Waals surface area contributed by atoms with Crippen LogP contribution in [0.3, 0.4) is 0 Å². The smallest absolute Gasteiger partial charge is 0.257 e. The van der Waals surface area contributed by atoms with Crippen molar-refractivity contribution < 1.29 is 19.1 Å². The molecule has 1 aliphatic heterocycles. The summed E-state index contributed by atoms with van der Waals surface area (Å²) in [4.78, 5) is 39.7. The molecule has 2 heterocycles. The lowest BCUT2D eigenvalue weighted by atomic mass is 10.1. The Bertz CT molecular complexity index is 1140. The number of para-hydroxylation sites is 1. The molecule has 0 aliphatic carbocycles. The Hall–Kier alpha value is -3.81. The van der Waals surface area contributed by atoms with E-state index in [0.29, 0.717) is 35.6 Å². The molecular formula is C21H19N3O5. The molecule has 0 fully saturated rings. The highest BCUT2D eigenvalue weighted by atomic mass is 16.6. The summed E-state index contributed by atoms with van der Waals surface area (Å²) in [6.45, 7) is 1.04. The Morgan fingerprint density at radius 3 is 2.66 bits per heavy atom. The van der Waals surface area contributed by atoms with Gasteiger partial charge in [-0.1, -0.05) is 18.2 Å². The fourth-order valence-electron chi connectivity index (χ4n) is 3.05. The van der Waals surface area contributed by atoms with Gasteiger partial charge in [0.05, 0.1) is 6.54 Å². The van der Waals surface area contributed by atoms with Crippen LogP contribution in [0, 0.1) is 0 Å². The van der Waals surface area contributed by atoms with Crippen LogP contribution in [0.5, 0.6) is 11.5 Å². The molecule has 8 nitrogen and oxygen atoms in total. The third-order valence-corrected chi connectivity index (χ3v) is 4.54. The Labute approximate surface area is 165 Å². The summed E-state index contributed by atoms with van der Waals surface area (Å²) in [5.74, 6) is 0.350.